The van der Waals surface area contributed by atoms with Crippen LogP contribution < -0.4 is 4.74 Å². The second kappa shape index (κ2) is 7.21. The molecule has 1 aliphatic heterocycles. The third-order valence-corrected chi connectivity index (χ3v) is 5.37. The molecular formula is C18H19F3N4O4. The summed E-state index contributed by atoms with van der Waals surface area (Å²) >= 11 is 0. The number of halogens is 3. The van der Waals surface area contributed by atoms with E-state index in [1.165, 1.54) is 4.90 Å². The van der Waals surface area contributed by atoms with Gasteiger partial charge in [0.25, 0.3) is 0 Å². The van der Waals surface area contributed by atoms with Crippen molar-refractivity contribution < 1.29 is 32.5 Å². The number of fused-ring (bicyclic) bond motifs is 1. The first-order valence-corrected chi connectivity index (χ1v) is 9.01. The Kier molecular flexibility index (Phi) is 4.85. The van der Waals surface area contributed by atoms with Crippen LogP contribution in [0.25, 0.3) is 5.82 Å². The van der Waals surface area contributed by atoms with E-state index in [0.29, 0.717) is 24.7 Å². The van der Waals surface area contributed by atoms with Crippen molar-refractivity contribution >= 4 is 6.09 Å². The summed E-state index contributed by atoms with van der Waals surface area (Å²) in [5.74, 6) is 1.69. The first-order chi connectivity index (χ1) is 13.8. The molecule has 2 fully saturated rings. The number of alkyl halides is 3. The molecule has 29 heavy (non-hydrogen) atoms. The van der Waals surface area contributed by atoms with Crippen LogP contribution in [-0.2, 0) is 4.74 Å². The maximum absolute atomic E-state index is 12.6. The average molecular weight is 412 g/mol. The number of carbonyl (C=O) groups excluding carboxylic acids is 1. The van der Waals surface area contributed by atoms with E-state index in [1.807, 2.05) is 6.07 Å². The molecular weight excluding hydrogens is 393 g/mol. The molecule has 1 N–H and O–H groups in total. The fraction of sp³-hybridized carbons (Fsp3) is 0.500. The van der Waals surface area contributed by atoms with Crippen LogP contribution in [0.15, 0.2) is 30.6 Å². The van der Waals surface area contributed by atoms with E-state index >= 15 is 0 Å². The van der Waals surface area contributed by atoms with Gasteiger partial charge in [-0.15, -0.1) is 0 Å². The molecule has 0 spiro atoms. The second-order valence-electron chi connectivity index (χ2n) is 7.10. The van der Waals surface area contributed by atoms with Crippen LogP contribution in [0.2, 0.25) is 0 Å². The molecule has 4 atom stereocenters. The molecule has 11 heteroatoms. The quantitative estimate of drug-likeness (QED) is 0.808. The molecule has 1 aliphatic carbocycles. The number of amides is 1. The smallest absolute Gasteiger partial charge is 0.427 e. The van der Waals surface area contributed by atoms with Gasteiger partial charge < -0.3 is 19.5 Å². The third kappa shape index (κ3) is 3.74. The van der Waals surface area contributed by atoms with Gasteiger partial charge >= 0.3 is 12.3 Å². The van der Waals surface area contributed by atoms with E-state index in [4.69, 9.17) is 9.84 Å². The minimum absolute atomic E-state index is 0.133. The molecule has 4 rings (SSSR count). The molecule has 0 bridgehead atoms. The van der Waals surface area contributed by atoms with E-state index in [0.717, 1.165) is 5.69 Å². The van der Waals surface area contributed by atoms with Crippen molar-refractivity contribution in [3.05, 3.63) is 36.3 Å². The summed E-state index contributed by atoms with van der Waals surface area (Å²) in [5, 5.41) is 13.3. The van der Waals surface area contributed by atoms with Crippen molar-refractivity contribution in [2.75, 3.05) is 26.8 Å². The van der Waals surface area contributed by atoms with Crippen LogP contribution in [0.1, 0.15) is 11.6 Å². The van der Waals surface area contributed by atoms with Crippen LogP contribution >= 0.6 is 0 Å². The molecule has 2 aliphatic rings. The normalized spacial score (nSPS) is 24.2. The zero-order valence-electron chi connectivity index (χ0n) is 15.4. The zero-order chi connectivity index (χ0) is 20.8. The monoisotopic (exact) mass is 412 g/mol. The molecule has 3 heterocycles. The van der Waals surface area contributed by atoms with Crippen molar-refractivity contribution in [2.45, 2.75) is 18.2 Å². The summed E-state index contributed by atoms with van der Waals surface area (Å²) in [6.45, 7) is -0.689. The van der Waals surface area contributed by atoms with Crippen LogP contribution in [0.4, 0.5) is 18.0 Å². The zero-order valence-corrected chi connectivity index (χ0v) is 15.4. The average Bonchev–Trinajstić information content (AvgIpc) is 3.07. The SMILES string of the molecule is COc1ccc(-n2ccc(C3[C@H]4CN(C(=O)O[C@H](CO)C(F)(F)F)C[C@@H]34)n2)nc1. The molecule has 156 valence electrons. The Morgan fingerprint density at radius 3 is 2.59 bits per heavy atom. The predicted octanol–water partition coefficient (Wildman–Crippen LogP) is 1.98. The van der Waals surface area contributed by atoms with Crippen molar-refractivity contribution in [3.8, 4) is 11.6 Å². The van der Waals surface area contributed by atoms with Gasteiger partial charge in [0.2, 0.25) is 6.10 Å². The summed E-state index contributed by atoms with van der Waals surface area (Å²) in [5.41, 5.74) is 0.856. The molecule has 1 unspecified atom stereocenters. The minimum atomic E-state index is -4.79. The maximum Gasteiger partial charge on any atom is 0.427 e. The molecule has 1 amide bonds. The first-order valence-electron chi connectivity index (χ1n) is 9.01. The molecule has 8 nitrogen and oxygen atoms in total. The number of pyridine rings is 1. The van der Waals surface area contributed by atoms with Crippen molar-refractivity contribution in [2.24, 2.45) is 11.8 Å². The maximum atomic E-state index is 12.6. The Labute approximate surface area is 163 Å². The number of carbonyl (C=O) groups is 1. The number of hydrogen-bond donors (Lipinski definition) is 1. The van der Waals surface area contributed by atoms with E-state index in [-0.39, 0.29) is 17.8 Å². The highest BCUT2D eigenvalue weighted by atomic mass is 19.4. The lowest BCUT2D eigenvalue weighted by Crippen LogP contribution is -2.42. The lowest BCUT2D eigenvalue weighted by Gasteiger charge is -2.24. The number of piperidine rings is 1. The lowest BCUT2D eigenvalue weighted by molar-refractivity contribution is -0.214. The molecule has 1 saturated carbocycles. The van der Waals surface area contributed by atoms with Gasteiger partial charge in [0, 0.05) is 25.2 Å². The van der Waals surface area contributed by atoms with Crippen molar-refractivity contribution in [1.29, 1.82) is 0 Å². The Hall–Kier alpha value is -2.82. The van der Waals surface area contributed by atoms with Crippen molar-refractivity contribution in [3.63, 3.8) is 0 Å². The molecule has 0 radical (unpaired) electrons. The number of ether oxygens (including phenoxy) is 2. The Bertz CT molecular complexity index is 874. The number of likely N-dealkylation sites (tertiary alicyclic amines) is 1. The fourth-order valence-corrected chi connectivity index (χ4v) is 3.79. The van der Waals surface area contributed by atoms with Crippen molar-refractivity contribution in [1.82, 2.24) is 19.7 Å². The van der Waals surface area contributed by atoms with E-state index in [9.17, 15) is 18.0 Å². The standard InChI is InChI=1S/C18H19F3N4O4/c1-28-10-2-3-15(22-6-10)25-5-4-13(23-25)16-11-7-24(8-12(11)16)17(27)29-14(9-26)18(19,20)21/h2-6,11-12,14,16,26H,7-9H2,1H3/t11-,12+,14-,16?/m1/s1. The molecule has 0 aromatic carbocycles. The molecule has 2 aromatic heterocycles. The van der Waals surface area contributed by atoms with Crippen LogP contribution in [0.5, 0.6) is 5.75 Å². The molecule has 2 aromatic rings. The van der Waals surface area contributed by atoms with E-state index < -0.39 is 25.0 Å². The number of aromatic nitrogens is 3. The van der Waals surface area contributed by atoms with E-state index in [2.05, 4.69) is 14.8 Å². The van der Waals surface area contributed by atoms with Gasteiger partial charge in [0.1, 0.15) is 5.75 Å². The fourth-order valence-electron chi connectivity index (χ4n) is 3.79. The predicted molar refractivity (Wildman–Crippen MR) is 92.6 cm³/mol. The van der Waals surface area contributed by atoms with Gasteiger partial charge in [-0.3, -0.25) is 0 Å². The highest BCUT2D eigenvalue weighted by Crippen LogP contribution is 2.57. The van der Waals surface area contributed by atoms with Gasteiger partial charge in [0.05, 0.1) is 25.6 Å². The number of nitrogens with zero attached hydrogens (tertiary/aromatic N) is 4. The Morgan fingerprint density at radius 2 is 2.03 bits per heavy atom. The third-order valence-electron chi connectivity index (χ3n) is 5.37. The van der Waals surface area contributed by atoms with Gasteiger partial charge in [-0.2, -0.15) is 18.3 Å². The minimum Gasteiger partial charge on any atom is -0.495 e. The summed E-state index contributed by atoms with van der Waals surface area (Å²) in [4.78, 5) is 17.5. The largest absolute Gasteiger partial charge is 0.495 e. The highest BCUT2D eigenvalue weighted by molar-refractivity contribution is 5.69. The number of rotatable bonds is 5. The van der Waals surface area contributed by atoms with Gasteiger partial charge in [-0.05, 0) is 30.0 Å². The van der Waals surface area contributed by atoms with Gasteiger partial charge in [-0.1, -0.05) is 0 Å². The first kappa shape index (κ1) is 19.5. The number of methoxy groups -OCH3 is 1. The van der Waals surface area contributed by atoms with Gasteiger partial charge in [0.15, 0.2) is 5.82 Å². The lowest BCUT2D eigenvalue weighted by atomic mass is 10.2. The van der Waals surface area contributed by atoms with Crippen LogP contribution in [0, 0.1) is 11.8 Å². The number of hydrogen-bond acceptors (Lipinski definition) is 6. The molecule has 1 saturated heterocycles. The summed E-state index contributed by atoms with van der Waals surface area (Å²) in [7, 11) is 1.56. The van der Waals surface area contributed by atoms with Crippen LogP contribution in [0.3, 0.4) is 0 Å². The van der Waals surface area contributed by atoms with E-state index in [1.54, 1.807) is 36.3 Å². The Balaban J connectivity index is 1.35. The number of aliphatic hydroxyl groups is 1. The number of aliphatic hydroxyl groups excluding tert-OH is 1. The highest BCUT2D eigenvalue weighted by Gasteiger charge is 2.59. The van der Waals surface area contributed by atoms with Crippen LogP contribution in [-0.4, -0.2) is 70.0 Å². The summed E-state index contributed by atoms with van der Waals surface area (Å²) in [6, 6.07) is 5.43. The van der Waals surface area contributed by atoms with Gasteiger partial charge in [-0.25, -0.2) is 14.5 Å². The second-order valence-corrected chi connectivity index (χ2v) is 7.10. The topological polar surface area (TPSA) is 89.7 Å². The summed E-state index contributed by atoms with van der Waals surface area (Å²) in [6.07, 6.45) is -4.97. The Morgan fingerprint density at radius 1 is 1.31 bits per heavy atom. The summed E-state index contributed by atoms with van der Waals surface area (Å²) < 4.78 is 49.1.